The molecule has 2 heterocycles. The van der Waals surface area contributed by atoms with E-state index in [0.717, 1.165) is 70.2 Å². The number of aliphatic imine (C=N–C) groups is 1. The highest BCUT2D eigenvalue weighted by molar-refractivity contribution is 14.0. The van der Waals surface area contributed by atoms with Gasteiger partial charge in [0.05, 0.1) is 19.8 Å². The Bertz CT molecular complexity index is 594. The summed E-state index contributed by atoms with van der Waals surface area (Å²) < 4.78 is 17.0. The van der Waals surface area contributed by atoms with Crippen LogP contribution in [0.25, 0.3) is 0 Å². The molecule has 152 valence electrons. The monoisotopic (exact) mass is 489 g/mol. The molecule has 0 amide bonds. The highest BCUT2D eigenvalue weighted by Crippen LogP contribution is 2.21. The number of benzene rings is 1. The summed E-state index contributed by atoms with van der Waals surface area (Å²) in [5, 5.41) is 3.50. The van der Waals surface area contributed by atoms with Gasteiger partial charge in [-0.3, -0.25) is 4.99 Å². The van der Waals surface area contributed by atoms with E-state index in [2.05, 4.69) is 27.3 Å². The van der Waals surface area contributed by atoms with Gasteiger partial charge < -0.3 is 24.4 Å². The van der Waals surface area contributed by atoms with Crippen molar-refractivity contribution in [2.45, 2.75) is 37.9 Å². The second-order valence-electron chi connectivity index (χ2n) is 6.84. The molecular weight excluding hydrogens is 457 g/mol. The maximum Gasteiger partial charge on any atom is 0.193 e. The van der Waals surface area contributed by atoms with Crippen LogP contribution in [0.4, 0.5) is 0 Å². The van der Waals surface area contributed by atoms with E-state index in [1.54, 1.807) is 7.11 Å². The smallest absolute Gasteiger partial charge is 0.193 e. The number of hydrogen-bond donors (Lipinski definition) is 1. The van der Waals surface area contributed by atoms with Crippen molar-refractivity contribution in [1.29, 1.82) is 0 Å². The molecule has 1 aromatic rings. The minimum absolute atomic E-state index is 0. The molecule has 7 heteroatoms. The van der Waals surface area contributed by atoms with Gasteiger partial charge in [-0.15, -0.1) is 24.0 Å². The molecule has 2 saturated heterocycles. The molecule has 2 aliphatic rings. The summed E-state index contributed by atoms with van der Waals surface area (Å²) in [6, 6.07) is 8.26. The van der Waals surface area contributed by atoms with Gasteiger partial charge >= 0.3 is 0 Å². The fourth-order valence-electron chi connectivity index (χ4n) is 3.64. The third-order valence-corrected chi connectivity index (χ3v) is 5.04. The molecule has 6 nitrogen and oxygen atoms in total. The Balaban J connectivity index is 0.00000261. The van der Waals surface area contributed by atoms with Crippen LogP contribution < -0.4 is 10.1 Å². The first-order chi connectivity index (χ1) is 12.8. The zero-order valence-electron chi connectivity index (χ0n) is 16.4. The van der Waals surface area contributed by atoms with E-state index in [1.807, 2.05) is 19.2 Å². The fourth-order valence-corrected chi connectivity index (χ4v) is 3.64. The van der Waals surface area contributed by atoms with E-state index in [9.17, 15) is 0 Å². The number of hydrogen-bond acceptors (Lipinski definition) is 4. The van der Waals surface area contributed by atoms with Crippen LogP contribution in [0.2, 0.25) is 0 Å². The van der Waals surface area contributed by atoms with E-state index in [-0.39, 0.29) is 36.2 Å². The number of methoxy groups -OCH3 is 1. The first-order valence-corrected chi connectivity index (χ1v) is 9.62. The van der Waals surface area contributed by atoms with Crippen molar-refractivity contribution in [2.24, 2.45) is 4.99 Å². The summed E-state index contributed by atoms with van der Waals surface area (Å²) in [6.45, 7) is 4.21. The second-order valence-corrected chi connectivity index (χ2v) is 6.84. The standard InChI is InChI=1S/C20H31N3O3.HI/c1-21-20(22-10-4-7-16-6-3-8-17(14-16)24-2)23-11-13-26-19(15-23)18-9-5-12-25-18;/h3,6,8,14,18-19H,4-5,7,9-13,15H2,1-2H3,(H,21,22);1H. The average molecular weight is 489 g/mol. The topological polar surface area (TPSA) is 55.3 Å². The van der Waals surface area contributed by atoms with Gasteiger partial charge in [0.15, 0.2) is 5.96 Å². The molecule has 0 saturated carbocycles. The van der Waals surface area contributed by atoms with Gasteiger partial charge in [0.2, 0.25) is 0 Å². The number of nitrogens with zero attached hydrogens (tertiary/aromatic N) is 2. The summed E-state index contributed by atoms with van der Waals surface area (Å²) in [4.78, 5) is 6.75. The number of rotatable bonds is 6. The zero-order chi connectivity index (χ0) is 18.2. The number of nitrogens with one attached hydrogen (secondary N) is 1. The summed E-state index contributed by atoms with van der Waals surface area (Å²) in [5.41, 5.74) is 1.30. The van der Waals surface area contributed by atoms with E-state index in [4.69, 9.17) is 14.2 Å². The largest absolute Gasteiger partial charge is 0.497 e. The number of ether oxygens (including phenoxy) is 3. The molecule has 2 aliphatic heterocycles. The maximum absolute atomic E-state index is 5.93. The molecule has 0 aliphatic carbocycles. The fraction of sp³-hybridized carbons (Fsp3) is 0.650. The van der Waals surface area contributed by atoms with Gasteiger partial charge in [-0.2, -0.15) is 0 Å². The summed E-state index contributed by atoms with van der Waals surface area (Å²) >= 11 is 0. The molecule has 0 aromatic heterocycles. The Morgan fingerprint density at radius 2 is 2.15 bits per heavy atom. The van der Waals surface area contributed by atoms with Crippen LogP contribution in [-0.2, 0) is 15.9 Å². The highest BCUT2D eigenvalue weighted by Gasteiger charge is 2.32. The number of aryl methyl sites for hydroxylation is 1. The van der Waals surface area contributed by atoms with Crippen LogP contribution in [0.15, 0.2) is 29.3 Å². The third kappa shape index (κ3) is 6.50. The molecule has 27 heavy (non-hydrogen) atoms. The summed E-state index contributed by atoms with van der Waals surface area (Å²) in [6.07, 6.45) is 4.70. The molecule has 0 spiro atoms. The van der Waals surface area contributed by atoms with Gasteiger partial charge in [-0.05, 0) is 43.4 Å². The predicted molar refractivity (Wildman–Crippen MR) is 118 cm³/mol. The van der Waals surface area contributed by atoms with Crippen LogP contribution in [0.5, 0.6) is 5.75 Å². The van der Waals surface area contributed by atoms with Gasteiger partial charge in [-0.25, -0.2) is 0 Å². The van der Waals surface area contributed by atoms with Crippen LogP contribution in [-0.4, -0.2) is 70.1 Å². The molecular formula is C20H32IN3O3. The Labute approximate surface area is 179 Å². The van der Waals surface area contributed by atoms with Crippen molar-refractivity contribution in [3.63, 3.8) is 0 Å². The average Bonchev–Trinajstić information content (AvgIpc) is 3.23. The summed E-state index contributed by atoms with van der Waals surface area (Å²) in [5.74, 6) is 1.88. The molecule has 2 unspecified atom stereocenters. The van der Waals surface area contributed by atoms with Gasteiger partial charge in [0, 0.05) is 33.3 Å². The normalized spacial score (nSPS) is 23.0. The minimum atomic E-state index is 0. The maximum atomic E-state index is 5.93. The minimum Gasteiger partial charge on any atom is -0.497 e. The molecule has 2 atom stereocenters. The van der Waals surface area contributed by atoms with E-state index in [1.165, 1.54) is 5.56 Å². The van der Waals surface area contributed by atoms with Crippen molar-refractivity contribution >= 4 is 29.9 Å². The molecule has 1 N–H and O–H groups in total. The Kier molecular flexibility index (Phi) is 9.64. The van der Waals surface area contributed by atoms with Crippen LogP contribution in [0.3, 0.4) is 0 Å². The zero-order valence-corrected chi connectivity index (χ0v) is 18.7. The first kappa shape index (κ1) is 22.2. The number of halogens is 1. The van der Waals surface area contributed by atoms with Crippen molar-refractivity contribution in [3.05, 3.63) is 29.8 Å². The van der Waals surface area contributed by atoms with E-state index in [0.29, 0.717) is 0 Å². The molecule has 3 rings (SSSR count). The van der Waals surface area contributed by atoms with E-state index >= 15 is 0 Å². The van der Waals surface area contributed by atoms with Crippen LogP contribution in [0, 0.1) is 0 Å². The predicted octanol–water partition coefficient (Wildman–Crippen LogP) is 2.70. The van der Waals surface area contributed by atoms with Gasteiger partial charge in [0.25, 0.3) is 0 Å². The van der Waals surface area contributed by atoms with Crippen molar-refractivity contribution in [3.8, 4) is 5.75 Å². The van der Waals surface area contributed by atoms with Crippen LogP contribution >= 0.6 is 24.0 Å². The Morgan fingerprint density at radius 1 is 1.30 bits per heavy atom. The number of morpholine rings is 1. The van der Waals surface area contributed by atoms with E-state index < -0.39 is 0 Å². The lowest BCUT2D eigenvalue weighted by Gasteiger charge is -2.37. The van der Waals surface area contributed by atoms with Gasteiger partial charge in [0.1, 0.15) is 11.9 Å². The van der Waals surface area contributed by atoms with Crippen molar-refractivity contribution < 1.29 is 14.2 Å². The number of guanidine groups is 1. The van der Waals surface area contributed by atoms with Gasteiger partial charge in [-0.1, -0.05) is 12.1 Å². The first-order valence-electron chi connectivity index (χ1n) is 9.62. The lowest BCUT2D eigenvalue weighted by molar-refractivity contribution is -0.0816. The quantitative estimate of drug-likeness (QED) is 0.288. The molecule has 0 bridgehead atoms. The lowest BCUT2D eigenvalue weighted by atomic mass is 10.1. The second kappa shape index (κ2) is 11.7. The van der Waals surface area contributed by atoms with Crippen LogP contribution in [0.1, 0.15) is 24.8 Å². The SMILES string of the molecule is CN=C(NCCCc1cccc(OC)c1)N1CCOC(C2CCCO2)C1.I. The third-order valence-electron chi connectivity index (χ3n) is 5.04. The molecule has 1 aromatic carbocycles. The summed E-state index contributed by atoms with van der Waals surface area (Å²) in [7, 11) is 3.55. The Morgan fingerprint density at radius 3 is 2.89 bits per heavy atom. The van der Waals surface area contributed by atoms with Crippen molar-refractivity contribution in [2.75, 3.05) is 47.0 Å². The lowest BCUT2D eigenvalue weighted by Crippen LogP contribution is -2.53. The molecule has 2 fully saturated rings. The van der Waals surface area contributed by atoms with Crippen molar-refractivity contribution in [1.82, 2.24) is 10.2 Å². The Hall–Kier alpha value is -1.06. The molecule has 0 radical (unpaired) electrons. The highest BCUT2D eigenvalue weighted by atomic mass is 127.